The van der Waals surface area contributed by atoms with Crippen LogP contribution in [-0.2, 0) is 21.4 Å². The first-order valence-electron chi connectivity index (χ1n) is 12.6. The zero-order valence-electron chi connectivity index (χ0n) is 20.3. The van der Waals surface area contributed by atoms with Crippen LogP contribution >= 0.6 is 11.6 Å². The third-order valence-electron chi connectivity index (χ3n) is 7.26. The van der Waals surface area contributed by atoms with E-state index in [1.54, 1.807) is 17.0 Å². The Bertz CT molecular complexity index is 1180. The topological polar surface area (TPSA) is 79.4 Å². The molecule has 2 heterocycles. The SMILES string of the molecule is O=C(CN(C1CCCCC1)S(=O)(=O)c1ccc(Cl)cc1)N1CCN(Cc2ccc3c(c2)OCO3)CC1. The van der Waals surface area contributed by atoms with Gasteiger partial charge in [-0.3, -0.25) is 9.69 Å². The summed E-state index contributed by atoms with van der Waals surface area (Å²) in [5, 5.41) is 0.480. The molecule has 1 aliphatic carbocycles. The second kappa shape index (κ2) is 11.0. The number of sulfonamides is 1. The molecule has 1 amide bonds. The van der Waals surface area contributed by atoms with Crippen molar-refractivity contribution in [3.05, 3.63) is 53.1 Å². The van der Waals surface area contributed by atoms with Crippen molar-refractivity contribution in [3.8, 4) is 11.5 Å². The summed E-state index contributed by atoms with van der Waals surface area (Å²) in [5.41, 5.74) is 1.14. The molecular weight excluding hydrogens is 502 g/mol. The average Bonchev–Trinajstić information content (AvgIpc) is 3.36. The van der Waals surface area contributed by atoms with Crippen LogP contribution in [0.1, 0.15) is 37.7 Å². The summed E-state index contributed by atoms with van der Waals surface area (Å²) in [6.45, 7) is 3.49. The van der Waals surface area contributed by atoms with E-state index >= 15 is 0 Å². The molecule has 2 aromatic rings. The van der Waals surface area contributed by atoms with E-state index in [0.717, 1.165) is 68.8 Å². The van der Waals surface area contributed by atoms with Gasteiger partial charge in [-0.15, -0.1) is 0 Å². The summed E-state index contributed by atoms with van der Waals surface area (Å²) in [4.78, 5) is 17.6. The van der Waals surface area contributed by atoms with E-state index in [9.17, 15) is 13.2 Å². The van der Waals surface area contributed by atoms with E-state index in [-0.39, 0.29) is 30.2 Å². The summed E-state index contributed by atoms with van der Waals surface area (Å²) in [6, 6.07) is 12.0. The Hall–Kier alpha value is -2.33. The first-order valence-corrected chi connectivity index (χ1v) is 14.4. The van der Waals surface area contributed by atoms with Crippen molar-refractivity contribution >= 4 is 27.5 Å². The quantitative estimate of drug-likeness (QED) is 0.539. The number of carbonyl (C=O) groups is 1. The highest BCUT2D eigenvalue weighted by atomic mass is 35.5. The number of halogens is 1. The molecule has 36 heavy (non-hydrogen) atoms. The number of amides is 1. The minimum Gasteiger partial charge on any atom is -0.454 e. The number of fused-ring (bicyclic) bond motifs is 1. The van der Waals surface area contributed by atoms with Gasteiger partial charge in [0.05, 0.1) is 11.4 Å². The van der Waals surface area contributed by atoms with Crippen molar-refractivity contribution in [3.63, 3.8) is 0 Å². The van der Waals surface area contributed by atoms with Crippen molar-refractivity contribution in [2.24, 2.45) is 0 Å². The highest BCUT2D eigenvalue weighted by molar-refractivity contribution is 7.89. The minimum absolute atomic E-state index is 0.127. The van der Waals surface area contributed by atoms with Crippen LogP contribution in [0.5, 0.6) is 11.5 Å². The zero-order chi connectivity index (χ0) is 25.1. The molecule has 194 valence electrons. The molecule has 8 nitrogen and oxygen atoms in total. The second-order valence-electron chi connectivity index (χ2n) is 9.64. The molecule has 0 unspecified atom stereocenters. The zero-order valence-corrected chi connectivity index (χ0v) is 21.8. The molecule has 2 aromatic carbocycles. The molecule has 2 aliphatic heterocycles. The molecule has 0 N–H and O–H groups in total. The summed E-state index contributed by atoms with van der Waals surface area (Å²) < 4.78 is 39.5. The predicted molar refractivity (Wildman–Crippen MR) is 137 cm³/mol. The lowest BCUT2D eigenvalue weighted by atomic mass is 9.95. The molecular formula is C26H32ClN3O5S. The largest absolute Gasteiger partial charge is 0.454 e. The van der Waals surface area contributed by atoms with Crippen LogP contribution in [0.4, 0.5) is 0 Å². The van der Waals surface area contributed by atoms with Crippen molar-refractivity contribution in [2.45, 2.75) is 49.6 Å². The van der Waals surface area contributed by atoms with E-state index in [0.29, 0.717) is 18.1 Å². The molecule has 3 aliphatic rings. The van der Waals surface area contributed by atoms with Crippen LogP contribution in [0.25, 0.3) is 0 Å². The maximum absolute atomic E-state index is 13.6. The standard InChI is InChI=1S/C26H32ClN3O5S/c27-21-7-9-23(10-8-21)36(32,33)30(22-4-2-1-3-5-22)18-26(31)29-14-12-28(13-15-29)17-20-6-11-24-25(16-20)35-19-34-24/h6-11,16,22H,1-5,12-15,17-19H2. The fraction of sp³-hybridized carbons (Fsp3) is 0.500. The van der Waals surface area contributed by atoms with Gasteiger partial charge < -0.3 is 14.4 Å². The van der Waals surface area contributed by atoms with Gasteiger partial charge in [0, 0.05) is 43.8 Å². The Morgan fingerprint density at radius 2 is 1.64 bits per heavy atom. The molecule has 5 rings (SSSR count). The lowest BCUT2D eigenvalue weighted by molar-refractivity contribution is -0.133. The monoisotopic (exact) mass is 533 g/mol. The van der Waals surface area contributed by atoms with E-state index in [1.165, 1.54) is 16.4 Å². The molecule has 0 aromatic heterocycles. The normalized spacial score (nSPS) is 19.1. The highest BCUT2D eigenvalue weighted by Gasteiger charge is 2.35. The Balaban J connectivity index is 1.22. The van der Waals surface area contributed by atoms with Crippen molar-refractivity contribution < 1.29 is 22.7 Å². The average molecular weight is 534 g/mol. The van der Waals surface area contributed by atoms with Crippen molar-refractivity contribution in [1.29, 1.82) is 0 Å². The maximum atomic E-state index is 13.6. The van der Waals surface area contributed by atoms with Gasteiger partial charge in [0.15, 0.2) is 11.5 Å². The van der Waals surface area contributed by atoms with E-state index in [2.05, 4.69) is 4.90 Å². The van der Waals surface area contributed by atoms with Crippen molar-refractivity contribution in [1.82, 2.24) is 14.1 Å². The second-order valence-corrected chi connectivity index (χ2v) is 12.0. The summed E-state index contributed by atoms with van der Waals surface area (Å²) in [6.07, 6.45) is 4.62. The smallest absolute Gasteiger partial charge is 0.243 e. The van der Waals surface area contributed by atoms with Gasteiger partial charge >= 0.3 is 0 Å². The maximum Gasteiger partial charge on any atom is 0.243 e. The number of benzene rings is 2. The van der Waals surface area contributed by atoms with Crippen LogP contribution in [0.2, 0.25) is 5.02 Å². The third kappa shape index (κ3) is 5.64. The van der Waals surface area contributed by atoms with Crippen molar-refractivity contribution in [2.75, 3.05) is 39.5 Å². The number of rotatable bonds is 7. The van der Waals surface area contributed by atoms with Crippen LogP contribution in [0.15, 0.2) is 47.4 Å². The third-order valence-corrected chi connectivity index (χ3v) is 9.43. The predicted octanol–water partition coefficient (Wildman–Crippen LogP) is 3.74. The van der Waals surface area contributed by atoms with E-state index in [1.807, 2.05) is 18.2 Å². The Kier molecular flexibility index (Phi) is 7.71. The van der Waals surface area contributed by atoms with Gasteiger partial charge in [0.1, 0.15) is 0 Å². The van der Waals surface area contributed by atoms with Gasteiger partial charge in [-0.05, 0) is 54.8 Å². The number of hydrogen-bond acceptors (Lipinski definition) is 6. The van der Waals surface area contributed by atoms with E-state index in [4.69, 9.17) is 21.1 Å². The number of piperazine rings is 1. The van der Waals surface area contributed by atoms with Gasteiger partial charge in [0.2, 0.25) is 22.7 Å². The van der Waals surface area contributed by atoms with Crippen LogP contribution < -0.4 is 9.47 Å². The molecule has 0 spiro atoms. The van der Waals surface area contributed by atoms with Crippen LogP contribution in [0, 0.1) is 0 Å². The molecule has 0 bridgehead atoms. The summed E-state index contributed by atoms with van der Waals surface area (Å²) in [5.74, 6) is 1.40. The van der Waals surface area contributed by atoms with Gasteiger partial charge in [-0.2, -0.15) is 4.31 Å². The van der Waals surface area contributed by atoms with Crippen LogP contribution in [-0.4, -0.2) is 74.0 Å². The molecule has 0 atom stereocenters. The van der Waals surface area contributed by atoms with E-state index < -0.39 is 10.0 Å². The molecule has 1 saturated heterocycles. The van der Waals surface area contributed by atoms with Gasteiger partial charge in [-0.1, -0.05) is 36.9 Å². The first-order chi connectivity index (χ1) is 17.4. The molecule has 0 radical (unpaired) electrons. The number of hydrogen-bond donors (Lipinski definition) is 0. The molecule has 2 fully saturated rings. The van der Waals surface area contributed by atoms with Gasteiger partial charge in [0.25, 0.3) is 0 Å². The Morgan fingerprint density at radius 1 is 0.944 bits per heavy atom. The highest BCUT2D eigenvalue weighted by Crippen LogP contribution is 2.33. The fourth-order valence-electron chi connectivity index (χ4n) is 5.21. The number of nitrogens with zero attached hydrogens (tertiary/aromatic N) is 3. The Labute approximate surface area is 217 Å². The molecule has 10 heteroatoms. The lowest BCUT2D eigenvalue weighted by Crippen LogP contribution is -2.53. The number of carbonyl (C=O) groups excluding carboxylic acids is 1. The molecule has 1 saturated carbocycles. The van der Waals surface area contributed by atoms with Crippen LogP contribution in [0.3, 0.4) is 0 Å². The summed E-state index contributed by atoms with van der Waals surface area (Å²) >= 11 is 5.98. The lowest BCUT2D eigenvalue weighted by Gasteiger charge is -2.37. The Morgan fingerprint density at radius 3 is 2.36 bits per heavy atom. The van der Waals surface area contributed by atoms with Gasteiger partial charge in [-0.25, -0.2) is 8.42 Å². The number of ether oxygens (including phenoxy) is 2. The minimum atomic E-state index is -3.81. The first kappa shape index (κ1) is 25.3. The fourth-order valence-corrected chi connectivity index (χ4v) is 6.97. The summed E-state index contributed by atoms with van der Waals surface area (Å²) in [7, 11) is -3.81.